The fraction of sp³-hybridized carbons (Fsp3) is 0.375. The molecular formula is C16H16O2. The Morgan fingerprint density at radius 1 is 1.17 bits per heavy atom. The Balaban J connectivity index is 1.97. The van der Waals surface area contributed by atoms with Crippen LogP contribution in [-0.4, -0.2) is 19.3 Å². The molecule has 0 amide bonds. The molecule has 2 heteroatoms. The Morgan fingerprint density at radius 2 is 2.00 bits per heavy atom. The van der Waals surface area contributed by atoms with Gasteiger partial charge in [0.25, 0.3) is 0 Å². The Morgan fingerprint density at radius 3 is 2.83 bits per heavy atom. The standard InChI is InChI=1S/C16H16O2/c1-17-12-8-11-6-2-4-10-5-3-7-13(15(10)11)16-14(9-12)18-16/h2-7,12,14,16H,8-9H2,1H3. The van der Waals surface area contributed by atoms with Crippen molar-refractivity contribution in [3.63, 3.8) is 0 Å². The first-order valence-electron chi connectivity index (χ1n) is 6.55. The summed E-state index contributed by atoms with van der Waals surface area (Å²) in [4.78, 5) is 0. The molecule has 3 unspecified atom stereocenters. The number of fused-ring (bicyclic) bond motifs is 2. The van der Waals surface area contributed by atoms with E-state index in [1.165, 1.54) is 21.9 Å². The van der Waals surface area contributed by atoms with Crippen molar-refractivity contribution in [1.82, 2.24) is 0 Å². The van der Waals surface area contributed by atoms with Crippen molar-refractivity contribution in [3.05, 3.63) is 47.5 Å². The van der Waals surface area contributed by atoms with Crippen molar-refractivity contribution in [3.8, 4) is 0 Å². The van der Waals surface area contributed by atoms with Crippen LogP contribution >= 0.6 is 0 Å². The Kier molecular flexibility index (Phi) is 2.23. The zero-order chi connectivity index (χ0) is 12.1. The lowest BCUT2D eigenvalue weighted by molar-refractivity contribution is 0.0884. The van der Waals surface area contributed by atoms with Crippen LogP contribution in [0.25, 0.3) is 10.8 Å². The Hall–Kier alpha value is -1.38. The van der Waals surface area contributed by atoms with Gasteiger partial charge in [-0.15, -0.1) is 0 Å². The highest BCUT2D eigenvalue weighted by Gasteiger charge is 2.43. The van der Waals surface area contributed by atoms with E-state index in [1.807, 2.05) is 0 Å². The average Bonchev–Trinajstić information content (AvgIpc) is 3.14. The first-order valence-corrected chi connectivity index (χ1v) is 6.55. The lowest BCUT2D eigenvalue weighted by Crippen LogP contribution is -2.18. The monoisotopic (exact) mass is 240 g/mol. The van der Waals surface area contributed by atoms with Crippen molar-refractivity contribution in [1.29, 1.82) is 0 Å². The van der Waals surface area contributed by atoms with Gasteiger partial charge in [-0.1, -0.05) is 36.4 Å². The maximum atomic E-state index is 5.84. The summed E-state index contributed by atoms with van der Waals surface area (Å²) in [7, 11) is 1.80. The van der Waals surface area contributed by atoms with Gasteiger partial charge < -0.3 is 9.47 Å². The van der Waals surface area contributed by atoms with Crippen LogP contribution in [-0.2, 0) is 15.9 Å². The predicted octanol–water partition coefficient (Wildman–Crippen LogP) is 3.24. The molecule has 2 aromatic carbocycles. The number of benzene rings is 2. The van der Waals surface area contributed by atoms with Crippen LogP contribution in [0.4, 0.5) is 0 Å². The van der Waals surface area contributed by atoms with E-state index in [-0.39, 0.29) is 12.2 Å². The minimum Gasteiger partial charge on any atom is -0.381 e. The molecule has 0 saturated carbocycles. The van der Waals surface area contributed by atoms with Crippen LogP contribution in [0.1, 0.15) is 23.7 Å². The van der Waals surface area contributed by atoms with E-state index in [0.717, 1.165) is 12.8 Å². The smallest absolute Gasteiger partial charge is 0.110 e. The van der Waals surface area contributed by atoms with Crippen molar-refractivity contribution in [2.75, 3.05) is 7.11 Å². The molecule has 0 bridgehead atoms. The lowest BCUT2D eigenvalue weighted by Gasteiger charge is -2.19. The molecule has 2 aliphatic rings. The molecule has 1 aliphatic carbocycles. The molecule has 0 spiro atoms. The first kappa shape index (κ1) is 10.5. The van der Waals surface area contributed by atoms with E-state index in [2.05, 4.69) is 36.4 Å². The molecule has 1 heterocycles. The molecule has 3 atom stereocenters. The van der Waals surface area contributed by atoms with E-state index in [0.29, 0.717) is 6.10 Å². The van der Waals surface area contributed by atoms with Crippen molar-refractivity contribution in [2.24, 2.45) is 0 Å². The van der Waals surface area contributed by atoms with Gasteiger partial charge in [-0.25, -0.2) is 0 Å². The molecule has 1 aliphatic heterocycles. The SMILES string of the molecule is COC1Cc2cccc3cccc(c23)C2OC2C1. The molecule has 18 heavy (non-hydrogen) atoms. The summed E-state index contributed by atoms with van der Waals surface area (Å²) in [6, 6.07) is 13.1. The van der Waals surface area contributed by atoms with Gasteiger partial charge in [0.2, 0.25) is 0 Å². The van der Waals surface area contributed by atoms with Crippen LogP contribution in [0, 0.1) is 0 Å². The van der Waals surface area contributed by atoms with Crippen molar-refractivity contribution in [2.45, 2.75) is 31.2 Å². The summed E-state index contributed by atoms with van der Waals surface area (Å²) in [6.07, 6.45) is 2.91. The van der Waals surface area contributed by atoms with Gasteiger partial charge in [-0.05, 0) is 28.3 Å². The first-order chi connectivity index (χ1) is 8.86. The molecule has 2 nitrogen and oxygen atoms in total. The van der Waals surface area contributed by atoms with E-state index < -0.39 is 0 Å². The molecule has 0 N–H and O–H groups in total. The minimum absolute atomic E-state index is 0.277. The maximum absolute atomic E-state index is 5.84. The quantitative estimate of drug-likeness (QED) is 0.714. The highest BCUT2D eigenvalue weighted by Crippen LogP contribution is 2.46. The molecular weight excluding hydrogens is 224 g/mol. The van der Waals surface area contributed by atoms with Crippen LogP contribution in [0.2, 0.25) is 0 Å². The summed E-state index contributed by atoms with van der Waals surface area (Å²) in [5.74, 6) is 0. The minimum atomic E-state index is 0.277. The largest absolute Gasteiger partial charge is 0.381 e. The van der Waals surface area contributed by atoms with Gasteiger partial charge in [-0.2, -0.15) is 0 Å². The Bertz CT molecular complexity index is 600. The van der Waals surface area contributed by atoms with E-state index in [4.69, 9.17) is 9.47 Å². The van der Waals surface area contributed by atoms with Crippen molar-refractivity contribution < 1.29 is 9.47 Å². The number of hydrogen-bond donors (Lipinski definition) is 0. The van der Waals surface area contributed by atoms with Gasteiger partial charge in [0.15, 0.2) is 0 Å². The van der Waals surface area contributed by atoms with Crippen molar-refractivity contribution >= 4 is 10.8 Å². The third-order valence-corrected chi connectivity index (χ3v) is 4.19. The summed E-state index contributed by atoms with van der Waals surface area (Å²) in [5.41, 5.74) is 2.76. The second kappa shape index (κ2) is 3.81. The predicted molar refractivity (Wildman–Crippen MR) is 70.7 cm³/mol. The number of methoxy groups -OCH3 is 1. The highest BCUT2D eigenvalue weighted by molar-refractivity contribution is 5.89. The third kappa shape index (κ3) is 1.49. The van der Waals surface area contributed by atoms with E-state index >= 15 is 0 Å². The molecule has 4 rings (SSSR count). The summed E-state index contributed by atoms with van der Waals surface area (Å²) >= 11 is 0. The van der Waals surface area contributed by atoms with Crippen LogP contribution in [0.5, 0.6) is 0 Å². The average molecular weight is 240 g/mol. The van der Waals surface area contributed by atoms with Crippen LogP contribution < -0.4 is 0 Å². The number of ether oxygens (including phenoxy) is 2. The fourth-order valence-electron chi connectivity index (χ4n) is 3.22. The topological polar surface area (TPSA) is 21.8 Å². The van der Waals surface area contributed by atoms with Crippen LogP contribution in [0.3, 0.4) is 0 Å². The maximum Gasteiger partial charge on any atom is 0.110 e. The molecule has 92 valence electrons. The summed E-state index contributed by atoms with van der Waals surface area (Å²) in [6.45, 7) is 0. The highest BCUT2D eigenvalue weighted by atomic mass is 16.6. The van der Waals surface area contributed by atoms with Gasteiger partial charge in [0.1, 0.15) is 6.10 Å². The molecule has 2 aromatic rings. The van der Waals surface area contributed by atoms with E-state index in [9.17, 15) is 0 Å². The van der Waals surface area contributed by atoms with Gasteiger partial charge in [0.05, 0.1) is 12.2 Å². The normalized spacial score (nSPS) is 29.5. The number of hydrogen-bond acceptors (Lipinski definition) is 2. The molecule has 0 radical (unpaired) electrons. The molecule has 1 saturated heterocycles. The fourth-order valence-corrected chi connectivity index (χ4v) is 3.22. The van der Waals surface area contributed by atoms with Gasteiger partial charge in [-0.3, -0.25) is 0 Å². The van der Waals surface area contributed by atoms with Crippen LogP contribution in [0.15, 0.2) is 36.4 Å². The van der Waals surface area contributed by atoms with Gasteiger partial charge >= 0.3 is 0 Å². The zero-order valence-corrected chi connectivity index (χ0v) is 10.4. The summed E-state index contributed by atoms with van der Waals surface area (Å²) in [5, 5.41) is 2.70. The third-order valence-electron chi connectivity index (χ3n) is 4.19. The Labute approximate surface area is 107 Å². The number of rotatable bonds is 1. The van der Waals surface area contributed by atoms with E-state index in [1.54, 1.807) is 7.11 Å². The molecule has 0 aromatic heterocycles. The number of epoxide rings is 1. The summed E-state index contributed by atoms with van der Waals surface area (Å²) < 4.78 is 11.4. The second-order valence-corrected chi connectivity index (χ2v) is 5.26. The second-order valence-electron chi connectivity index (χ2n) is 5.26. The van der Waals surface area contributed by atoms with Gasteiger partial charge in [0, 0.05) is 13.5 Å². The zero-order valence-electron chi connectivity index (χ0n) is 10.4. The lowest BCUT2D eigenvalue weighted by atomic mass is 9.89. The molecule has 1 fully saturated rings.